The Morgan fingerprint density at radius 1 is 0.465 bits per heavy atom. The summed E-state index contributed by atoms with van der Waals surface area (Å²) in [5.74, 6) is 0. The van der Waals surface area contributed by atoms with Crippen LogP contribution >= 0.6 is 0 Å². The summed E-state index contributed by atoms with van der Waals surface area (Å²) in [5.41, 5.74) is 17.1. The lowest BCUT2D eigenvalue weighted by Gasteiger charge is -2.11. The second-order valence-corrected chi connectivity index (χ2v) is 10.1. The molecule has 0 saturated carbocycles. The van der Waals surface area contributed by atoms with Crippen molar-refractivity contribution in [1.82, 2.24) is 0 Å². The van der Waals surface area contributed by atoms with Crippen LogP contribution in [-0.2, 0) is 0 Å². The third kappa shape index (κ3) is 7.19. The van der Waals surface area contributed by atoms with Gasteiger partial charge in [0.05, 0.1) is 17.1 Å². The van der Waals surface area contributed by atoms with Gasteiger partial charge >= 0.3 is 0 Å². The number of hydrogen-bond acceptors (Lipinski definition) is 4. The maximum Gasteiger partial charge on any atom is 0.116 e. The molecular formula is C39H34N4. The summed E-state index contributed by atoms with van der Waals surface area (Å²) in [7, 11) is 0. The van der Waals surface area contributed by atoms with Gasteiger partial charge in [-0.1, -0.05) is 152 Å². The monoisotopic (exact) mass is 558 g/mol. The van der Waals surface area contributed by atoms with Crippen LogP contribution in [-0.4, -0.2) is 5.71 Å². The summed E-state index contributed by atoms with van der Waals surface area (Å²) in [6.45, 7) is 8.34. The number of nitrogens with zero attached hydrogens (tertiary/aromatic N) is 3. The number of nitrogens with two attached hydrogens (primary N) is 1. The smallest absolute Gasteiger partial charge is 0.116 e. The molecule has 0 unspecified atom stereocenters. The van der Waals surface area contributed by atoms with Gasteiger partial charge in [0.2, 0.25) is 0 Å². The molecule has 0 aliphatic rings. The number of hydrogen-bond donors (Lipinski definition) is 1. The quantitative estimate of drug-likeness (QED) is 0.109. The molecule has 2 N–H and O–H groups in total. The molecule has 0 saturated heterocycles. The zero-order valence-electron chi connectivity index (χ0n) is 24.5. The van der Waals surface area contributed by atoms with Crippen LogP contribution in [0.5, 0.6) is 0 Å². The molecule has 0 heterocycles. The molecule has 5 rings (SSSR count). The Kier molecular flexibility index (Phi) is 9.30. The standard InChI is InChI=1S/C39H34N4/c1-28(31-16-8-4-9-17-31)38(35-20-12-6-13-21-35)41-29(2)32-24-26-33(27-25-32)30(3)42-43-39(36-22-14-7-15-23-36)37(40)34-18-10-5-11-19-34/h4-27H,3,40H2,1-2H3/b38-28+,39-37-,41-29+,43-42-. The highest BCUT2D eigenvalue weighted by molar-refractivity contribution is 6.04. The second kappa shape index (κ2) is 13.8. The molecular weight excluding hydrogens is 524 g/mol. The van der Waals surface area contributed by atoms with Crippen molar-refractivity contribution in [3.63, 3.8) is 0 Å². The normalized spacial score (nSPS) is 12.9. The van der Waals surface area contributed by atoms with E-state index in [0.717, 1.165) is 50.4 Å². The number of azo groups is 1. The molecule has 0 spiro atoms. The number of benzene rings is 5. The van der Waals surface area contributed by atoms with Crippen molar-refractivity contribution < 1.29 is 0 Å². The van der Waals surface area contributed by atoms with Crippen LogP contribution in [0.4, 0.5) is 0 Å². The fraction of sp³-hybridized carbons (Fsp3) is 0.0513. The first-order valence-electron chi connectivity index (χ1n) is 14.2. The average molecular weight is 559 g/mol. The van der Waals surface area contributed by atoms with E-state index in [1.54, 1.807) is 0 Å². The van der Waals surface area contributed by atoms with Gasteiger partial charge < -0.3 is 5.73 Å². The van der Waals surface area contributed by atoms with Crippen LogP contribution in [0.15, 0.2) is 167 Å². The number of allylic oxidation sites excluding steroid dienone is 1. The Balaban J connectivity index is 1.42. The first-order chi connectivity index (χ1) is 21.0. The lowest BCUT2D eigenvalue weighted by Crippen LogP contribution is -2.00. The fourth-order valence-corrected chi connectivity index (χ4v) is 4.71. The van der Waals surface area contributed by atoms with Crippen molar-refractivity contribution >= 4 is 34.1 Å². The fourth-order valence-electron chi connectivity index (χ4n) is 4.71. The van der Waals surface area contributed by atoms with Gasteiger partial charge in [-0.25, -0.2) is 0 Å². The van der Waals surface area contributed by atoms with E-state index in [9.17, 15) is 0 Å². The van der Waals surface area contributed by atoms with Crippen molar-refractivity contribution in [2.45, 2.75) is 13.8 Å². The van der Waals surface area contributed by atoms with E-state index in [1.165, 1.54) is 0 Å². The molecule has 43 heavy (non-hydrogen) atoms. The predicted octanol–water partition coefficient (Wildman–Crippen LogP) is 9.99. The molecule has 0 bridgehead atoms. The third-order valence-electron chi connectivity index (χ3n) is 7.18. The Labute approximate surface area is 254 Å². The Bertz CT molecular complexity index is 1800. The van der Waals surface area contributed by atoms with Crippen molar-refractivity contribution in [2.75, 3.05) is 0 Å². The third-order valence-corrected chi connectivity index (χ3v) is 7.18. The lowest BCUT2D eigenvalue weighted by atomic mass is 10.0. The van der Waals surface area contributed by atoms with Crippen molar-refractivity contribution in [2.24, 2.45) is 21.0 Å². The van der Waals surface area contributed by atoms with E-state index in [-0.39, 0.29) is 0 Å². The van der Waals surface area contributed by atoms with E-state index in [0.29, 0.717) is 17.1 Å². The molecule has 0 atom stereocenters. The largest absolute Gasteiger partial charge is 0.396 e. The van der Waals surface area contributed by atoms with Crippen LogP contribution in [0.3, 0.4) is 0 Å². The van der Waals surface area contributed by atoms with Crippen LogP contribution in [0.2, 0.25) is 0 Å². The van der Waals surface area contributed by atoms with E-state index in [1.807, 2.05) is 116 Å². The molecule has 0 aliphatic carbocycles. The Hall–Kier alpha value is -5.61. The van der Waals surface area contributed by atoms with Crippen molar-refractivity contribution in [3.05, 3.63) is 186 Å². The number of rotatable bonds is 9. The Morgan fingerprint density at radius 3 is 1.40 bits per heavy atom. The predicted molar refractivity (Wildman–Crippen MR) is 182 cm³/mol. The summed E-state index contributed by atoms with van der Waals surface area (Å²) >= 11 is 0. The SMILES string of the molecule is C=C(/N=N\C(=C(/N)c1ccccc1)c1ccccc1)c1ccc(/C(C)=N/C(=C(\C)c2ccccc2)c2ccccc2)cc1. The van der Waals surface area contributed by atoms with Gasteiger partial charge in [0.15, 0.2) is 0 Å². The number of aliphatic imine (C=N–C) groups is 1. The lowest BCUT2D eigenvalue weighted by molar-refractivity contribution is 1.24. The van der Waals surface area contributed by atoms with Gasteiger partial charge in [0, 0.05) is 22.4 Å². The zero-order chi connectivity index (χ0) is 30.0. The van der Waals surface area contributed by atoms with Crippen LogP contribution in [0.1, 0.15) is 47.2 Å². The summed E-state index contributed by atoms with van der Waals surface area (Å²) in [6.07, 6.45) is 0. The van der Waals surface area contributed by atoms with Gasteiger partial charge in [-0.15, -0.1) is 5.11 Å². The molecule has 210 valence electrons. The summed E-state index contributed by atoms with van der Waals surface area (Å²) in [5, 5.41) is 9.07. The summed E-state index contributed by atoms with van der Waals surface area (Å²) in [6, 6.07) is 48.4. The average Bonchev–Trinajstić information content (AvgIpc) is 3.08. The molecule has 4 nitrogen and oxygen atoms in total. The summed E-state index contributed by atoms with van der Waals surface area (Å²) < 4.78 is 0. The highest BCUT2D eigenvalue weighted by Gasteiger charge is 2.11. The molecule has 0 aromatic heterocycles. The van der Waals surface area contributed by atoms with E-state index >= 15 is 0 Å². The van der Waals surface area contributed by atoms with Crippen LogP contribution < -0.4 is 5.73 Å². The molecule has 0 aliphatic heterocycles. The van der Waals surface area contributed by atoms with E-state index < -0.39 is 0 Å². The van der Waals surface area contributed by atoms with E-state index in [4.69, 9.17) is 10.7 Å². The summed E-state index contributed by atoms with van der Waals surface area (Å²) in [4.78, 5) is 5.12. The highest BCUT2D eigenvalue weighted by atomic mass is 15.1. The maximum absolute atomic E-state index is 6.57. The maximum atomic E-state index is 6.57. The van der Waals surface area contributed by atoms with Crippen molar-refractivity contribution in [1.29, 1.82) is 0 Å². The first-order valence-corrected chi connectivity index (χ1v) is 14.2. The highest BCUT2D eigenvalue weighted by Crippen LogP contribution is 2.29. The molecule has 0 fully saturated rings. The molecule has 5 aromatic rings. The van der Waals surface area contributed by atoms with Gasteiger partial charge in [-0.2, -0.15) is 5.11 Å². The van der Waals surface area contributed by atoms with Gasteiger partial charge in [0.1, 0.15) is 5.70 Å². The molecule has 0 amide bonds. The first kappa shape index (κ1) is 28.9. The Morgan fingerprint density at radius 2 is 0.884 bits per heavy atom. The van der Waals surface area contributed by atoms with Gasteiger partial charge in [0.25, 0.3) is 0 Å². The minimum absolute atomic E-state index is 0.542. The second-order valence-electron chi connectivity index (χ2n) is 10.1. The topological polar surface area (TPSA) is 63.1 Å². The van der Waals surface area contributed by atoms with Gasteiger partial charge in [-0.3, -0.25) is 4.99 Å². The molecule has 5 aromatic carbocycles. The van der Waals surface area contributed by atoms with Crippen LogP contribution in [0, 0.1) is 0 Å². The minimum Gasteiger partial charge on any atom is -0.396 e. The zero-order valence-corrected chi connectivity index (χ0v) is 24.5. The molecule has 4 heteroatoms. The van der Waals surface area contributed by atoms with Gasteiger partial charge in [-0.05, 0) is 36.1 Å². The minimum atomic E-state index is 0.542. The van der Waals surface area contributed by atoms with Crippen molar-refractivity contribution in [3.8, 4) is 0 Å². The van der Waals surface area contributed by atoms with E-state index in [2.05, 4.69) is 60.1 Å². The van der Waals surface area contributed by atoms with Crippen LogP contribution in [0.25, 0.3) is 28.4 Å². The molecule has 0 radical (unpaired) electrons.